The van der Waals surface area contributed by atoms with Gasteiger partial charge in [0, 0.05) is 18.7 Å². The Labute approximate surface area is 134 Å². The molecule has 2 atom stereocenters. The van der Waals surface area contributed by atoms with E-state index in [1.54, 1.807) is 18.1 Å². The van der Waals surface area contributed by atoms with Crippen LogP contribution in [0.15, 0.2) is 54.6 Å². The number of hydrogen-bond acceptors (Lipinski definition) is 4. The summed E-state index contributed by atoms with van der Waals surface area (Å²) in [7, 11) is 1.58. The summed E-state index contributed by atoms with van der Waals surface area (Å²) in [5.74, 6) is -0.0325. The van der Waals surface area contributed by atoms with Crippen molar-refractivity contribution in [1.82, 2.24) is 0 Å². The number of rotatable bonds is 4. The Morgan fingerprint density at radius 2 is 1.83 bits per heavy atom. The summed E-state index contributed by atoms with van der Waals surface area (Å²) in [6.07, 6.45) is -0.791. The van der Waals surface area contributed by atoms with Gasteiger partial charge in [-0.3, -0.25) is 14.5 Å². The molecular weight excluding hydrogens is 294 g/mol. The maximum atomic E-state index is 12.5. The van der Waals surface area contributed by atoms with E-state index < -0.39 is 12.1 Å². The van der Waals surface area contributed by atoms with Gasteiger partial charge in [0.2, 0.25) is 6.10 Å². The van der Waals surface area contributed by atoms with Gasteiger partial charge in [-0.2, -0.15) is 0 Å². The number of ether oxygens (including phenoxy) is 2. The van der Waals surface area contributed by atoms with Gasteiger partial charge in [-0.15, -0.1) is 0 Å². The molecule has 1 saturated heterocycles. The van der Waals surface area contributed by atoms with Gasteiger partial charge in [-0.25, -0.2) is 0 Å². The summed E-state index contributed by atoms with van der Waals surface area (Å²) in [6, 6.07) is 16.5. The fourth-order valence-corrected chi connectivity index (χ4v) is 2.78. The van der Waals surface area contributed by atoms with E-state index in [4.69, 9.17) is 9.47 Å². The number of carbonyl (C=O) groups is 2. The number of esters is 1. The standard InChI is InChI=1S/C18H17NO4/c1-12(20)23-17-16(13-7-4-3-5-8-13)19(18(17)21)14-9-6-10-15(11-14)22-2/h3-11,16-17H,1-2H3/t16-,17?/m0/s1. The third-order valence-corrected chi connectivity index (χ3v) is 3.81. The first-order valence-corrected chi connectivity index (χ1v) is 7.31. The van der Waals surface area contributed by atoms with E-state index in [0.717, 1.165) is 5.56 Å². The number of methoxy groups -OCH3 is 1. The van der Waals surface area contributed by atoms with E-state index in [1.807, 2.05) is 48.5 Å². The van der Waals surface area contributed by atoms with Crippen LogP contribution in [0, 0.1) is 0 Å². The second kappa shape index (κ2) is 6.12. The fourth-order valence-electron chi connectivity index (χ4n) is 2.78. The van der Waals surface area contributed by atoms with E-state index in [1.165, 1.54) is 6.92 Å². The lowest BCUT2D eigenvalue weighted by atomic mass is 9.89. The van der Waals surface area contributed by atoms with Crippen molar-refractivity contribution in [2.24, 2.45) is 0 Å². The first-order chi connectivity index (χ1) is 11.1. The summed E-state index contributed by atoms with van der Waals surface area (Å²) < 4.78 is 10.4. The van der Waals surface area contributed by atoms with Crippen molar-refractivity contribution in [3.63, 3.8) is 0 Å². The van der Waals surface area contributed by atoms with Crippen LogP contribution in [0.2, 0.25) is 0 Å². The molecule has 0 N–H and O–H groups in total. The van der Waals surface area contributed by atoms with Crippen molar-refractivity contribution in [1.29, 1.82) is 0 Å². The normalized spacial score (nSPS) is 19.9. The molecule has 1 fully saturated rings. The van der Waals surface area contributed by atoms with Crippen LogP contribution in [0.5, 0.6) is 5.75 Å². The molecule has 0 aliphatic carbocycles. The molecule has 1 amide bonds. The molecule has 2 aromatic rings. The molecule has 1 unspecified atom stereocenters. The smallest absolute Gasteiger partial charge is 0.303 e. The van der Waals surface area contributed by atoms with Crippen LogP contribution >= 0.6 is 0 Å². The van der Waals surface area contributed by atoms with Gasteiger partial charge >= 0.3 is 5.97 Å². The lowest BCUT2D eigenvalue weighted by Crippen LogP contribution is -2.60. The highest BCUT2D eigenvalue weighted by atomic mass is 16.6. The first kappa shape index (κ1) is 15.1. The fraction of sp³-hybridized carbons (Fsp3) is 0.222. The van der Waals surface area contributed by atoms with Crippen LogP contribution in [0.25, 0.3) is 0 Å². The van der Waals surface area contributed by atoms with Gasteiger partial charge in [-0.05, 0) is 17.7 Å². The molecular formula is C18H17NO4. The predicted octanol–water partition coefficient (Wildman–Crippen LogP) is 2.71. The van der Waals surface area contributed by atoms with E-state index in [2.05, 4.69) is 0 Å². The number of amides is 1. The zero-order valence-corrected chi connectivity index (χ0v) is 12.9. The molecule has 118 valence electrons. The summed E-state index contributed by atoms with van der Waals surface area (Å²) in [6.45, 7) is 1.31. The van der Waals surface area contributed by atoms with Gasteiger partial charge < -0.3 is 9.47 Å². The topological polar surface area (TPSA) is 55.8 Å². The molecule has 0 radical (unpaired) electrons. The van der Waals surface area contributed by atoms with Gasteiger partial charge in [0.25, 0.3) is 5.91 Å². The van der Waals surface area contributed by atoms with Crippen LogP contribution in [-0.4, -0.2) is 25.1 Å². The Kier molecular flexibility index (Phi) is 4.02. The molecule has 5 heteroatoms. The Morgan fingerprint density at radius 1 is 1.09 bits per heavy atom. The Morgan fingerprint density at radius 3 is 2.48 bits per heavy atom. The van der Waals surface area contributed by atoms with Crippen LogP contribution in [0.4, 0.5) is 5.69 Å². The Bertz CT molecular complexity index is 729. The molecule has 2 aromatic carbocycles. The van der Waals surface area contributed by atoms with Gasteiger partial charge in [0.05, 0.1) is 7.11 Å². The molecule has 23 heavy (non-hydrogen) atoms. The highest BCUT2D eigenvalue weighted by Crippen LogP contribution is 2.41. The SMILES string of the molecule is COc1cccc(N2C(=O)C(OC(C)=O)[C@@H]2c2ccccc2)c1. The van der Waals surface area contributed by atoms with Crippen LogP contribution in [0.3, 0.4) is 0 Å². The summed E-state index contributed by atoms with van der Waals surface area (Å²) in [4.78, 5) is 25.4. The third-order valence-electron chi connectivity index (χ3n) is 3.81. The second-order valence-corrected chi connectivity index (χ2v) is 5.30. The summed E-state index contributed by atoms with van der Waals surface area (Å²) in [5.41, 5.74) is 1.63. The molecule has 1 heterocycles. The van der Waals surface area contributed by atoms with Crippen molar-refractivity contribution >= 4 is 17.6 Å². The third kappa shape index (κ3) is 2.77. The number of anilines is 1. The molecule has 1 aliphatic rings. The number of hydrogen-bond donors (Lipinski definition) is 0. The molecule has 0 spiro atoms. The molecule has 1 aliphatic heterocycles. The lowest BCUT2D eigenvalue weighted by molar-refractivity contribution is -0.160. The van der Waals surface area contributed by atoms with E-state index in [-0.39, 0.29) is 11.9 Å². The van der Waals surface area contributed by atoms with Crippen LogP contribution < -0.4 is 9.64 Å². The van der Waals surface area contributed by atoms with E-state index in [0.29, 0.717) is 11.4 Å². The highest BCUT2D eigenvalue weighted by Gasteiger charge is 2.51. The van der Waals surface area contributed by atoms with Gasteiger partial charge in [0.15, 0.2) is 0 Å². The average molecular weight is 311 g/mol. The van der Waals surface area contributed by atoms with E-state index in [9.17, 15) is 9.59 Å². The number of nitrogens with zero attached hydrogens (tertiary/aromatic N) is 1. The number of β-lactam (4-membered cyclic amide) rings is 1. The Hall–Kier alpha value is -2.82. The van der Waals surface area contributed by atoms with Gasteiger partial charge in [-0.1, -0.05) is 36.4 Å². The van der Waals surface area contributed by atoms with Crippen molar-refractivity contribution in [2.45, 2.75) is 19.1 Å². The summed E-state index contributed by atoms with van der Waals surface area (Å²) >= 11 is 0. The predicted molar refractivity (Wildman–Crippen MR) is 85.2 cm³/mol. The largest absolute Gasteiger partial charge is 0.497 e. The maximum Gasteiger partial charge on any atom is 0.303 e. The van der Waals surface area contributed by atoms with Gasteiger partial charge in [0.1, 0.15) is 11.8 Å². The minimum atomic E-state index is -0.791. The zero-order valence-electron chi connectivity index (χ0n) is 12.9. The molecule has 0 aromatic heterocycles. The maximum absolute atomic E-state index is 12.5. The van der Waals surface area contributed by atoms with Crippen LogP contribution in [-0.2, 0) is 14.3 Å². The minimum Gasteiger partial charge on any atom is -0.497 e. The number of carbonyl (C=O) groups excluding carboxylic acids is 2. The molecule has 5 nitrogen and oxygen atoms in total. The first-order valence-electron chi connectivity index (χ1n) is 7.31. The zero-order chi connectivity index (χ0) is 16.4. The van der Waals surface area contributed by atoms with Crippen molar-refractivity contribution < 1.29 is 19.1 Å². The van der Waals surface area contributed by atoms with Crippen molar-refractivity contribution in [3.8, 4) is 5.75 Å². The van der Waals surface area contributed by atoms with Crippen LogP contribution in [0.1, 0.15) is 18.5 Å². The summed E-state index contributed by atoms with van der Waals surface area (Å²) in [5, 5.41) is 0. The quantitative estimate of drug-likeness (QED) is 0.643. The van der Waals surface area contributed by atoms with E-state index >= 15 is 0 Å². The molecule has 0 saturated carbocycles. The molecule has 0 bridgehead atoms. The monoisotopic (exact) mass is 311 g/mol. The van der Waals surface area contributed by atoms with Crippen molar-refractivity contribution in [3.05, 3.63) is 60.2 Å². The molecule has 3 rings (SSSR count). The lowest BCUT2D eigenvalue weighted by Gasteiger charge is -2.46. The minimum absolute atomic E-state index is 0.234. The average Bonchev–Trinajstić information content (AvgIpc) is 2.58. The Balaban J connectivity index is 1.97. The van der Waals surface area contributed by atoms with Crippen molar-refractivity contribution in [2.75, 3.05) is 12.0 Å². The second-order valence-electron chi connectivity index (χ2n) is 5.30. The number of benzene rings is 2. The highest BCUT2D eigenvalue weighted by molar-refractivity contribution is 6.06.